The Morgan fingerprint density at radius 3 is 2.48 bits per heavy atom. The summed E-state index contributed by atoms with van der Waals surface area (Å²) in [5, 5.41) is 13.4. The molecule has 2 aromatic carbocycles. The van der Waals surface area contributed by atoms with Gasteiger partial charge in [0.1, 0.15) is 23.1 Å². The Morgan fingerprint density at radius 1 is 1.03 bits per heavy atom. The summed E-state index contributed by atoms with van der Waals surface area (Å²) in [4.78, 5) is 4.67. The van der Waals surface area contributed by atoms with Crippen molar-refractivity contribution in [3.63, 3.8) is 0 Å². The van der Waals surface area contributed by atoms with Crippen LogP contribution in [0.2, 0.25) is 5.02 Å². The molecule has 0 N–H and O–H groups in total. The molecule has 6 nitrogen and oxygen atoms in total. The predicted octanol–water partition coefficient (Wildman–Crippen LogP) is 5.95. The Kier molecular flexibility index (Phi) is 7.11. The molecule has 0 spiro atoms. The van der Waals surface area contributed by atoms with Crippen LogP contribution in [0.15, 0.2) is 59.1 Å². The molecule has 0 amide bonds. The van der Waals surface area contributed by atoms with Crippen LogP contribution in [-0.2, 0) is 18.9 Å². The van der Waals surface area contributed by atoms with Crippen LogP contribution >= 0.6 is 34.7 Å². The maximum absolute atomic E-state index is 5.90. The summed E-state index contributed by atoms with van der Waals surface area (Å²) < 4.78 is 13.1. The van der Waals surface area contributed by atoms with Crippen LogP contribution in [0.4, 0.5) is 0 Å². The molecular formula is C22H21ClN4O2S2. The normalized spacial score (nSPS) is 10.9. The highest BCUT2D eigenvalue weighted by molar-refractivity contribution is 7.98. The maximum Gasteiger partial charge on any atom is 0.191 e. The Balaban J connectivity index is 1.38. The summed E-state index contributed by atoms with van der Waals surface area (Å²) in [6, 6.07) is 15.2. The third-order valence-electron chi connectivity index (χ3n) is 4.51. The van der Waals surface area contributed by atoms with Crippen LogP contribution in [-0.4, -0.2) is 26.9 Å². The summed E-state index contributed by atoms with van der Waals surface area (Å²) in [5.41, 5.74) is 2.01. The average molecular weight is 473 g/mol. The molecule has 9 heteroatoms. The standard InChI is InChI=1S/C22H21ClN4O2S2/c1-3-27-21(15-4-8-18(28-2)9-5-15)25-26-22(27)31-14-17-13-30-20(24-17)12-29-19-10-6-16(23)7-11-19/h4-11,13H,3,12,14H2,1-2H3. The summed E-state index contributed by atoms with van der Waals surface area (Å²) in [6.45, 7) is 3.31. The minimum atomic E-state index is 0.434. The Hall–Kier alpha value is -2.55. The van der Waals surface area contributed by atoms with E-state index in [-0.39, 0.29) is 0 Å². The highest BCUT2D eigenvalue weighted by atomic mass is 35.5. The first-order chi connectivity index (χ1) is 15.2. The lowest BCUT2D eigenvalue weighted by Gasteiger charge is -2.07. The molecule has 2 aromatic heterocycles. The Labute approximate surface area is 194 Å². The third-order valence-corrected chi connectivity index (χ3v) is 6.63. The van der Waals surface area contributed by atoms with Crippen LogP contribution in [0.5, 0.6) is 11.5 Å². The summed E-state index contributed by atoms with van der Waals surface area (Å²) in [5.74, 6) is 3.17. The van der Waals surface area contributed by atoms with Crippen molar-refractivity contribution in [3.05, 3.63) is 69.6 Å². The van der Waals surface area contributed by atoms with Gasteiger partial charge in [0.25, 0.3) is 0 Å². The van der Waals surface area contributed by atoms with E-state index in [0.29, 0.717) is 11.6 Å². The Morgan fingerprint density at radius 2 is 1.77 bits per heavy atom. The van der Waals surface area contributed by atoms with Crippen LogP contribution in [0.25, 0.3) is 11.4 Å². The second-order valence-corrected chi connectivity index (χ2v) is 8.86. The number of hydrogen-bond donors (Lipinski definition) is 0. The van der Waals surface area contributed by atoms with Crippen LogP contribution < -0.4 is 9.47 Å². The zero-order valence-corrected chi connectivity index (χ0v) is 19.5. The van der Waals surface area contributed by atoms with Crippen LogP contribution in [0.1, 0.15) is 17.6 Å². The van der Waals surface area contributed by atoms with Crippen molar-refractivity contribution in [1.82, 2.24) is 19.7 Å². The number of nitrogens with zero attached hydrogens (tertiary/aromatic N) is 4. The number of thioether (sulfide) groups is 1. The van der Waals surface area contributed by atoms with E-state index < -0.39 is 0 Å². The number of benzene rings is 2. The Bertz CT molecular complexity index is 1130. The fourth-order valence-corrected chi connectivity index (χ4v) is 4.76. The van der Waals surface area contributed by atoms with E-state index in [2.05, 4.69) is 32.1 Å². The van der Waals surface area contributed by atoms with E-state index in [4.69, 9.17) is 21.1 Å². The lowest BCUT2D eigenvalue weighted by molar-refractivity contribution is 0.305. The highest BCUT2D eigenvalue weighted by Gasteiger charge is 2.14. The third kappa shape index (κ3) is 5.39. The molecule has 0 fully saturated rings. The fourth-order valence-electron chi connectivity index (χ4n) is 2.93. The number of aromatic nitrogens is 4. The SMILES string of the molecule is CCn1c(SCc2csc(COc3ccc(Cl)cc3)n2)nnc1-c1ccc(OC)cc1. The topological polar surface area (TPSA) is 62.1 Å². The van der Waals surface area contributed by atoms with Crippen molar-refractivity contribution >= 4 is 34.7 Å². The molecule has 0 aliphatic heterocycles. The van der Waals surface area contributed by atoms with E-state index in [1.54, 1.807) is 30.2 Å². The molecule has 0 atom stereocenters. The zero-order valence-electron chi connectivity index (χ0n) is 17.1. The van der Waals surface area contributed by atoms with Gasteiger partial charge in [0.05, 0.1) is 12.8 Å². The van der Waals surface area contributed by atoms with Gasteiger partial charge in [-0.2, -0.15) is 0 Å². The number of methoxy groups -OCH3 is 1. The van der Waals surface area contributed by atoms with Gasteiger partial charge < -0.3 is 14.0 Å². The second-order valence-electron chi connectivity index (χ2n) is 6.54. The molecule has 0 unspecified atom stereocenters. The molecule has 160 valence electrons. The van der Waals surface area contributed by atoms with E-state index >= 15 is 0 Å². The monoisotopic (exact) mass is 472 g/mol. The maximum atomic E-state index is 5.90. The van der Waals surface area contributed by atoms with Crippen molar-refractivity contribution in [1.29, 1.82) is 0 Å². The van der Waals surface area contributed by atoms with Crippen molar-refractivity contribution in [3.8, 4) is 22.9 Å². The van der Waals surface area contributed by atoms with Crippen molar-refractivity contribution in [2.75, 3.05) is 7.11 Å². The van der Waals surface area contributed by atoms with Gasteiger partial charge >= 0.3 is 0 Å². The number of ether oxygens (including phenoxy) is 2. The van der Waals surface area contributed by atoms with Crippen molar-refractivity contribution < 1.29 is 9.47 Å². The molecule has 0 aliphatic rings. The number of rotatable bonds is 9. The molecule has 0 bridgehead atoms. The molecule has 0 saturated carbocycles. The van der Waals surface area contributed by atoms with Crippen LogP contribution in [0, 0.1) is 0 Å². The number of halogens is 1. The van der Waals surface area contributed by atoms with Gasteiger partial charge in [0.15, 0.2) is 11.0 Å². The van der Waals surface area contributed by atoms with E-state index in [0.717, 1.165) is 51.0 Å². The van der Waals surface area contributed by atoms with E-state index in [9.17, 15) is 0 Å². The van der Waals surface area contributed by atoms with Crippen molar-refractivity contribution in [2.24, 2.45) is 0 Å². The zero-order chi connectivity index (χ0) is 21.6. The smallest absolute Gasteiger partial charge is 0.191 e. The van der Waals surface area contributed by atoms with E-state index in [1.165, 1.54) is 0 Å². The van der Waals surface area contributed by atoms with E-state index in [1.807, 2.05) is 48.5 Å². The minimum absolute atomic E-state index is 0.434. The first-order valence-electron chi connectivity index (χ1n) is 9.68. The lowest BCUT2D eigenvalue weighted by atomic mass is 10.2. The predicted molar refractivity (Wildman–Crippen MR) is 125 cm³/mol. The molecule has 0 radical (unpaired) electrons. The second kappa shape index (κ2) is 10.2. The molecule has 4 aromatic rings. The highest BCUT2D eigenvalue weighted by Crippen LogP contribution is 2.28. The van der Waals surface area contributed by atoms with Crippen molar-refractivity contribution in [2.45, 2.75) is 31.0 Å². The molecule has 31 heavy (non-hydrogen) atoms. The van der Waals surface area contributed by atoms with Gasteiger partial charge in [-0.15, -0.1) is 21.5 Å². The quantitative estimate of drug-likeness (QED) is 0.280. The number of thiazole rings is 1. The van der Waals surface area contributed by atoms with Gasteiger partial charge in [-0.1, -0.05) is 23.4 Å². The lowest BCUT2D eigenvalue weighted by Crippen LogP contribution is -2.00. The number of hydrogen-bond acceptors (Lipinski definition) is 7. The molecule has 0 saturated heterocycles. The van der Waals surface area contributed by atoms with Gasteiger partial charge in [0, 0.05) is 28.3 Å². The summed E-state index contributed by atoms with van der Waals surface area (Å²) in [7, 11) is 1.66. The molecular weight excluding hydrogens is 452 g/mol. The summed E-state index contributed by atoms with van der Waals surface area (Å²) >= 11 is 9.13. The van der Waals surface area contributed by atoms with Gasteiger partial charge in [-0.05, 0) is 55.5 Å². The molecule has 2 heterocycles. The first kappa shape index (κ1) is 21.7. The summed E-state index contributed by atoms with van der Waals surface area (Å²) in [6.07, 6.45) is 0. The largest absolute Gasteiger partial charge is 0.497 e. The first-order valence-corrected chi connectivity index (χ1v) is 11.9. The minimum Gasteiger partial charge on any atom is -0.497 e. The molecule has 0 aliphatic carbocycles. The van der Waals surface area contributed by atoms with Gasteiger partial charge in [-0.3, -0.25) is 0 Å². The molecule has 4 rings (SSSR count). The van der Waals surface area contributed by atoms with Gasteiger partial charge in [-0.25, -0.2) is 4.98 Å². The fraction of sp³-hybridized carbons (Fsp3) is 0.227. The van der Waals surface area contributed by atoms with Gasteiger partial charge in [0.2, 0.25) is 0 Å². The van der Waals surface area contributed by atoms with Crippen LogP contribution in [0.3, 0.4) is 0 Å². The average Bonchev–Trinajstić information content (AvgIpc) is 3.43.